The molecule has 1 aliphatic carbocycles. The first kappa shape index (κ1) is 27.9. The van der Waals surface area contributed by atoms with Crippen LogP contribution in [0, 0.1) is 11.7 Å². The van der Waals surface area contributed by atoms with Gasteiger partial charge in [-0.15, -0.1) is 11.3 Å². The summed E-state index contributed by atoms with van der Waals surface area (Å²) in [5.41, 5.74) is 3.46. The number of carbonyl (C=O) groups is 1. The Morgan fingerprint density at radius 1 is 1.05 bits per heavy atom. The van der Waals surface area contributed by atoms with Crippen molar-refractivity contribution in [1.82, 2.24) is 19.8 Å². The van der Waals surface area contributed by atoms with Crippen molar-refractivity contribution in [3.63, 3.8) is 0 Å². The molecule has 1 saturated carbocycles. The van der Waals surface area contributed by atoms with Crippen molar-refractivity contribution in [1.29, 1.82) is 0 Å². The molecule has 4 heterocycles. The van der Waals surface area contributed by atoms with Crippen LogP contribution < -0.4 is 4.74 Å². The van der Waals surface area contributed by atoms with E-state index in [1.54, 1.807) is 24.4 Å². The van der Waals surface area contributed by atoms with Crippen molar-refractivity contribution in [2.45, 2.75) is 45.3 Å². The molecule has 4 aromatic rings. The largest absolute Gasteiger partial charge is 0.453 e. The SMILES string of the molecule is C[C@@H](O)CN1CCN(Cc2ccc(-c3cc4nccc(Oc5ccc(CC(=O)CC6CC6)cc5F)c4s3)nc2)CC1. The smallest absolute Gasteiger partial charge is 0.166 e. The van der Waals surface area contributed by atoms with Gasteiger partial charge in [-0.3, -0.25) is 24.6 Å². The molecule has 0 unspecified atom stereocenters. The summed E-state index contributed by atoms with van der Waals surface area (Å²) >= 11 is 1.52. The molecule has 1 N–H and O–H groups in total. The number of hydrogen-bond acceptors (Lipinski definition) is 8. The first-order valence-corrected chi connectivity index (χ1v) is 15.2. The summed E-state index contributed by atoms with van der Waals surface area (Å²) in [6.07, 6.45) is 6.40. The minimum Gasteiger partial charge on any atom is -0.453 e. The van der Waals surface area contributed by atoms with E-state index in [4.69, 9.17) is 9.72 Å². The Morgan fingerprint density at radius 2 is 1.83 bits per heavy atom. The van der Waals surface area contributed by atoms with E-state index in [1.165, 1.54) is 17.4 Å². The molecule has 0 amide bonds. The fourth-order valence-electron chi connectivity index (χ4n) is 5.35. The standard InChI is InChI=1S/C32H35FN4O3S/c1-21(38)19-36-10-12-37(13-11-36)20-24-4-6-27(35-18-24)31-17-28-32(41-31)30(8-9-34-28)40-29-7-5-23(16-26(29)33)15-25(39)14-22-2-3-22/h4-9,16-18,21-22,38H,2-3,10-15,19-20H2,1H3/t21-/m1/s1. The minimum atomic E-state index is -0.481. The Balaban J connectivity index is 1.11. The van der Waals surface area contributed by atoms with Crippen molar-refractivity contribution < 1.29 is 19.0 Å². The number of pyridine rings is 2. The second kappa shape index (κ2) is 12.3. The molecular formula is C32H35FN4O3S. The highest BCUT2D eigenvalue weighted by Gasteiger charge is 2.24. The number of thiophene rings is 1. The van der Waals surface area contributed by atoms with E-state index in [0.29, 0.717) is 23.7 Å². The number of piperazine rings is 1. The monoisotopic (exact) mass is 574 g/mol. The first-order valence-electron chi connectivity index (χ1n) is 14.3. The van der Waals surface area contributed by atoms with Gasteiger partial charge in [0, 0.05) is 70.6 Å². The fourth-order valence-corrected chi connectivity index (χ4v) is 6.39. The van der Waals surface area contributed by atoms with Crippen molar-refractivity contribution in [3.05, 3.63) is 71.8 Å². The highest BCUT2D eigenvalue weighted by Crippen LogP contribution is 2.39. The van der Waals surface area contributed by atoms with Gasteiger partial charge in [0.25, 0.3) is 0 Å². The Hall–Kier alpha value is -3.24. The lowest BCUT2D eigenvalue weighted by molar-refractivity contribution is -0.118. The third-order valence-electron chi connectivity index (χ3n) is 7.68. The molecule has 2 aliphatic rings. The Morgan fingerprint density at radius 3 is 2.54 bits per heavy atom. The molecule has 0 bridgehead atoms. The van der Waals surface area contributed by atoms with Gasteiger partial charge in [0.05, 0.1) is 26.9 Å². The number of rotatable bonds is 11. The number of aromatic nitrogens is 2. The summed E-state index contributed by atoms with van der Waals surface area (Å²) in [5, 5.41) is 9.62. The van der Waals surface area contributed by atoms with Gasteiger partial charge in [-0.2, -0.15) is 0 Å². The molecule has 3 aromatic heterocycles. The molecule has 9 heteroatoms. The summed E-state index contributed by atoms with van der Waals surface area (Å²) in [5.74, 6) is 0.872. The number of benzene rings is 1. The van der Waals surface area contributed by atoms with Gasteiger partial charge in [0.15, 0.2) is 11.6 Å². The van der Waals surface area contributed by atoms with Crippen LogP contribution >= 0.6 is 11.3 Å². The van der Waals surface area contributed by atoms with Crippen LogP contribution in [0.1, 0.15) is 37.3 Å². The quantitative estimate of drug-likeness (QED) is 0.246. The second-order valence-electron chi connectivity index (χ2n) is 11.3. The van der Waals surface area contributed by atoms with E-state index in [2.05, 4.69) is 20.9 Å². The van der Waals surface area contributed by atoms with Crippen LogP contribution in [-0.2, 0) is 17.8 Å². The molecule has 1 atom stereocenters. The number of halogens is 1. The van der Waals surface area contributed by atoms with Crippen LogP contribution in [0.5, 0.6) is 11.5 Å². The lowest BCUT2D eigenvalue weighted by Crippen LogP contribution is -2.47. The minimum absolute atomic E-state index is 0.125. The van der Waals surface area contributed by atoms with Crippen molar-refractivity contribution >= 4 is 27.3 Å². The van der Waals surface area contributed by atoms with Crippen molar-refractivity contribution in [2.75, 3.05) is 32.7 Å². The molecule has 2 fully saturated rings. The maximum atomic E-state index is 14.9. The van der Waals surface area contributed by atoms with Crippen LogP contribution in [-0.4, -0.2) is 69.5 Å². The Labute approximate surface area is 243 Å². The zero-order valence-corrected chi connectivity index (χ0v) is 24.1. The summed E-state index contributed by atoms with van der Waals surface area (Å²) in [6.45, 7) is 7.28. The van der Waals surface area contributed by atoms with E-state index < -0.39 is 5.82 Å². The predicted octanol–water partition coefficient (Wildman–Crippen LogP) is 5.70. The number of aliphatic hydroxyl groups is 1. The maximum absolute atomic E-state index is 14.9. The number of hydrogen-bond donors (Lipinski definition) is 1. The average molecular weight is 575 g/mol. The van der Waals surface area contributed by atoms with E-state index in [-0.39, 0.29) is 24.1 Å². The topological polar surface area (TPSA) is 78.8 Å². The molecule has 6 rings (SSSR count). The average Bonchev–Trinajstić information content (AvgIpc) is 3.65. The highest BCUT2D eigenvalue weighted by molar-refractivity contribution is 7.22. The molecule has 0 spiro atoms. The molecular weight excluding hydrogens is 539 g/mol. The van der Waals surface area contributed by atoms with E-state index in [1.807, 2.05) is 25.3 Å². The summed E-state index contributed by atoms with van der Waals surface area (Å²) in [4.78, 5) is 27.1. The third kappa shape index (κ3) is 7.16. The molecule has 1 aromatic carbocycles. The summed E-state index contributed by atoms with van der Waals surface area (Å²) in [6, 6.07) is 12.7. The van der Waals surface area contributed by atoms with E-state index in [9.17, 15) is 14.3 Å². The zero-order chi connectivity index (χ0) is 28.3. The molecule has 1 aliphatic heterocycles. The number of fused-ring (bicyclic) bond motifs is 1. The molecule has 1 saturated heterocycles. The van der Waals surface area contributed by atoms with E-state index >= 15 is 0 Å². The Kier molecular flexibility index (Phi) is 8.39. The number of carbonyl (C=O) groups excluding carboxylic acids is 1. The second-order valence-corrected chi connectivity index (χ2v) is 12.4. The lowest BCUT2D eigenvalue weighted by Gasteiger charge is -2.35. The molecule has 0 radical (unpaired) electrons. The van der Waals surface area contributed by atoms with Gasteiger partial charge in [-0.1, -0.05) is 12.1 Å². The van der Waals surface area contributed by atoms with Crippen LogP contribution in [0.15, 0.2) is 54.9 Å². The summed E-state index contributed by atoms with van der Waals surface area (Å²) < 4.78 is 21.8. The summed E-state index contributed by atoms with van der Waals surface area (Å²) in [7, 11) is 0. The predicted molar refractivity (Wildman–Crippen MR) is 159 cm³/mol. The van der Waals surface area contributed by atoms with Crippen LogP contribution in [0.4, 0.5) is 4.39 Å². The molecule has 7 nitrogen and oxygen atoms in total. The van der Waals surface area contributed by atoms with Gasteiger partial charge in [-0.25, -0.2) is 4.39 Å². The van der Waals surface area contributed by atoms with Crippen molar-refractivity contribution in [3.8, 4) is 22.1 Å². The number of β-amino-alcohol motifs (C(OH)–C–C–N with tert-alkyl or cyclic N) is 1. The van der Waals surface area contributed by atoms with Crippen molar-refractivity contribution in [2.24, 2.45) is 5.92 Å². The van der Waals surface area contributed by atoms with Crippen LogP contribution in [0.3, 0.4) is 0 Å². The normalized spacial score (nSPS) is 17.1. The van der Waals surface area contributed by atoms with Gasteiger partial charge in [0.1, 0.15) is 11.5 Å². The number of Topliss-reactive ketones (excluding diaryl/α,β-unsaturated/α-hetero) is 1. The third-order valence-corrected chi connectivity index (χ3v) is 8.84. The zero-order valence-electron chi connectivity index (χ0n) is 23.3. The number of nitrogens with zero attached hydrogens (tertiary/aromatic N) is 4. The van der Waals surface area contributed by atoms with Crippen LogP contribution in [0.2, 0.25) is 0 Å². The maximum Gasteiger partial charge on any atom is 0.166 e. The highest BCUT2D eigenvalue weighted by atomic mass is 32.1. The van der Waals surface area contributed by atoms with Gasteiger partial charge in [-0.05, 0) is 61.1 Å². The molecule has 41 heavy (non-hydrogen) atoms. The Bertz CT molecular complexity index is 1510. The first-order chi connectivity index (χ1) is 19.9. The number of ketones is 1. The lowest BCUT2D eigenvalue weighted by atomic mass is 10.0. The number of aliphatic hydroxyl groups excluding tert-OH is 1. The van der Waals surface area contributed by atoms with E-state index in [0.717, 1.165) is 78.5 Å². The number of ether oxygens (including phenoxy) is 1. The van der Waals surface area contributed by atoms with Crippen LogP contribution in [0.25, 0.3) is 20.8 Å². The van der Waals surface area contributed by atoms with Gasteiger partial charge >= 0.3 is 0 Å². The fraction of sp³-hybridized carbons (Fsp3) is 0.406. The molecule has 214 valence electrons. The van der Waals surface area contributed by atoms with Gasteiger partial charge in [0.2, 0.25) is 0 Å². The van der Waals surface area contributed by atoms with Gasteiger partial charge < -0.3 is 9.84 Å².